The van der Waals surface area contributed by atoms with E-state index < -0.39 is 11.9 Å². The third-order valence-corrected chi connectivity index (χ3v) is 6.95. The third-order valence-electron chi connectivity index (χ3n) is 6.95. The van der Waals surface area contributed by atoms with Crippen LogP contribution in [0, 0.1) is 0 Å². The molecule has 1 saturated carbocycles. The number of carbonyl (C=O) groups is 1. The molecule has 6 rings (SSSR count). The lowest BCUT2D eigenvalue weighted by Crippen LogP contribution is -2.28. The van der Waals surface area contributed by atoms with Crippen LogP contribution in [0.1, 0.15) is 36.1 Å². The molecule has 3 aromatic heterocycles. The molecule has 4 heterocycles. The van der Waals surface area contributed by atoms with Gasteiger partial charge in [-0.05, 0) is 37.0 Å². The Morgan fingerprint density at radius 2 is 1.87 bits per heavy atom. The van der Waals surface area contributed by atoms with Crippen molar-refractivity contribution in [1.82, 2.24) is 24.5 Å². The molecule has 0 saturated heterocycles. The number of pyridine rings is 1. The van der Waals surface area contributed by atoms with E-state index in [1.165, 1.54) is 18.0 Å². The topological polar surface area (TPSA) is 88.8 Å². The second kappa shape index (κ2) is 9.23. The number of nitrogens with one attached hydrogen (secondary N) is 1. The number of carbonyl (C=O) groups excluding carboxylic acids is 1. The Hall–Kier alpha value is -4.28. The molecular weight excluding hydrogens is 495 g/mol. The second-order valence-electron chi connectivity index (χ2n) is 9.63. The van der Waals surface area contributed by atoms with Crippen LogP contribution in [0.3, 0.4) is 0 Å². The van der Waals surface area contributed by atoms with Crippen molar-refractivity contribution in [3.63, 3.8) is 0 Å². The van der Waals surface area contributed by atoms with Crippen molar-refractivity contribution in [2.24, 2.45) is 7.05 Å². The van der Waals surface area contributed by atoms with Gasteiger partial charge in [0.15, 0.2) is 11.5 Å². The summed E-state index contributed by atoms with van der Waals surface area (Å²) in [5.74, 6) is 1.90. The van der Waals surface area contributed by atoms with Gasteiger partial charge in [0, 0.05) is 42.8 Å². The van der Waals surface area contributed by atoms with Gasteiger partial charge in [0.25, 0.3) is 0 Å². The summed E-state index contributed by atoms with van der Waals surface area (Å²) in [5, 5.41) is 3.46. The van der Waals surface area contributed by atoms with Crippen LogP contribution in [0.2, 0.25) is 0 Å². The van der Waals surface area contributed by atoms with Crippen LogP contribution in [0.5, 0.6) is 0 Å². The van der Waals surface area contributed by atoms with Gasteiger partial charge in [-0.3, -0.25) is 9.69 Å². The first-order valence-corrected chi connectivity index (χ1v) is 12.3. The maximum atomic E-state index is 13.0. The van der Waals surface area contributed by atoms with Crippen molar-refractivity contribution in [3.8, 4) is 22.8 Å². The molecule has 11 heteroatoms. The molecule has 0 radical (unpaired) electrons. The molecule has 0 atom stereocenters. The normalized spacial score (nSPS) is 15.5. The number of hydrogen-bond acceptors (Lipinski definition) is 6. The maximum absolute atomic E-state index is 13.0. The lowest BCUT2D eigenvalue weighted by atomic mass is 9.93. The largest absolute Gasteiger partial charge is 0.434 e. The van der Waals surface area contributed by atoms with Crippen LogP contribution in [-0.2, 0) is 31.0 Å². The lowest BCUT2D eigenvalue weighted by molar-refractivity contribution is -0.140. The van der Waals surface area contributed by atoms with Crippen LogP contribution in [-0.4, -0.2) is 36.5 Å². The van der Waals surface area contributed by atoms with E-state index in [-0.39, 0.29) is 24.7 Å². The fourth-order valence-electron chi connectivity index (χ4n) is 4.69. The average Bonchev–Trinajstić information content (AvgIpc) is 3.41. The molecule has 0 unspecified atom stereocenters. The number of amides is 1. The summed E-state index contributed by atoms with van der Waals surface area (Å²) < 4.78 is 40.5. The zero-order valence-electron chi connectivity index (χ0n) is 20.5. The highest BCUT2D eigenvalue weighted by Crippen LogP contribution is 2.34. The molecule has 1 N–H and O–H groups in total. The molecule has 38 heavy (non-hydrogen) atoms. The van der Waals surface area contributed by atoms with Crippen LogP contribution >= 0.6 is 0 Å². The van der Waals surface area contributed by atoms with Crippen molar-refractivity contribution in [1.29, 1.82) is 0 Å². The number of aromatic nitrogens is 5. The highest BCUT2D eigenvalue weighted by Gasteiger charge is 2.35. The smallest absolute Gasteiger partial charge is 0.367 e. The third kappa shape index (κ3) is 4.48. The predicted octanol–water partition coefficient (Wildman–Crippen LogP) is 5.01. The number of fused-ring (bicyclic) bond motifs is 1. The summed E-state index contributed by atoms with van der Waals surface area (Å²) >= 11 is 0. The Labute approximate surface area is 216 Å². The summed E-state index contributed by atoms with van der Waals surface area (Å²) in [7, 11) is 1.53. The van der Waals surface area contributed by atoms with E-state index in [2.05, 4.69) is 20.3 Å². The summed E-state index contributed by atoms with van der Waals surface area (Å²) in [6, 6.07) is 11.1. The van der Waals surface area contributed by atoms with Crippen molar-refractivity contribution in [2.45, 2.75) is 44.4 Å². The predicted molar refractivity (Wildman–Crippen MR) is 135 cm³/mol. The van der Waals surface area contributed by atoms with Gasteiger partial charge < -0.3 is 9.88 Å². The minimum atomic E-state index is -4.51. The van der Waals surface area contributed by atoms with E-state index in [0.717, 1.165) is 41.5 Å². The van der Waals surface area contributed by atoms with E-state index in [1.807, 2.05) is 12.1 Å². The van der Waals surface area contributed by atoms with Crippen LogP contribution < -0.4 is 10.2 Å². The van der Waals surface area contributed by atoms with E-state index in [4.69, 9.17) is 4.98 Å². The van der Waals surface area contributed by atoms with E-state index in [1.54, 1.807) is 41.6 Å². The minimum Gasteiger partial charge on any atom is -0.367 e. The first-order chi connectivity index (χ1) is 18.3. The number of halogens is 3. The van der Waals surface area contributed by atoms with Crippen molar-refractivity contribution in [2.75, 3.05) is 10.2 Å². The summed E-state index contributed by atoms with van der Waals surface area (Å²) in [5.41, 5.74) is 1.95. The van der Waals surface area contributed by atoms with Gasteiger partial charge >= 0.3 is 6.18 Å². The van der Waals surface area contributed by atoms with Gasteiger partial charge in [-0.2, -0.15) is 13.2 Å². The minimum absolute atomic E-state index is 0.0894. The van der Waals surface area contributed by atoms with E-state index >= 15 is 0 Å². The molecule has 1 aliphatic carbocycles. The number of anilines is 2. The maximum Gasteiger partial charge on any atom is 0.434 e. The average molecular weight is 520 g/mol. The van der Waals surface area contributed by atoms with Crippen LogP contribution in [0.4, 0.5) is 24.8 Å². The van der Waals surface area contributed by atoms with Gasteiger partial charge in [-0.25, -0.2) is 19.9 Å². The zero-order chi connectivity index (χ0) is 26.4. The quantitative estimate of drug-likeness (QED) is 0.385. The lowest BCUT2D eigenvalue weighted by Gasteiger charge is -2.27. The highest BCUT2D eigenvalue weighted by molar-refractivity contribution is 6.00. The number of rotatable bonds is 6. The van der Waals surface area contributed by atoms with Crippen molar-refractivity contribution >= 4 is 17.5 Å². The standard InChI is InChI=1S/C27H24F3N7O/c1-36-15-21(27(28,29)30)34-25(36)17-9-7-16(8-10-17)14-37-22(38)12-18-13-32-24(35-26(18)37)20-6-3-11-31-23(20)33-19-4-2-5-19/h3,6-11,13,15,19H,2,4-5,12,14H2,1H3,(H,31,33). The number of alkyl halides is 3. The Kier molecular flexibility index (Phi) is 5.85. The molecular formula is C27H24F3N7O. The number of aryl methyl sites for hydroxylation is 1. The van der Waals surface area contributed by atoms with Gasteiger partial charge in [0.05, 0.1) is 18.5 Å². The summed E-state index contributed by atoms with van der Waals surface area (Å²) in [6.45, 7) is 0.275. The molecule has 0 bridgehead atoms. The summed E-state index contributed by atoms with van der Waals surface area (Å²) in [4.78, 5) is 32.0. The molecule has 1 aromatic carbocycles. The number of hydrogen-bond donors (Lipinski definition) is 1. The van der Waals surface area contributed by atoms with Gasteiger partial charge in [0.1, 0.15) is 17.5 Å². The number of benzene rings is 1. The van der Waals surface area contributed by atoms with Crippen molar-refractivity contribution in [3.05, 3.63) is 71.8 Å². The fourth-order valence-corrected chi connectivity index (χ4v) is 4.69. The molecule has 1 fully saturated rings. The number of imidazole rings is 1. The van der Waals surface area contributed by atoms with Gasteiger partial charge in [-0.15, -0.1) is 0 Å². The molecule has 1 aliphatic heterocycles. The molecule has 0 spiro atoms. The Morgan fingerprint density at radius 3 is 2.55 bits per heavy atom. The SMILES string of the molecule is Cn1cc(C(F)(F)F)nc1-c1ccc(CN2C(=O)Cc3cnc(-c4cccnc4NC4CCC4)nc32)cc1. The fraction of sp³-hybridized carbons (Fsp3) is 0.296. The molecule has 8 nitrogen and oxygen atoms in total. The Bertz CT molecular complexity index is 1510. The van der Waals surface area contributed by atoms with Crippen LogP contribution in [0.25, 0.3) is 22.8 Å². The first-order valence-electron chi connectivity index (χ1n) is 12.3. The second-order valence-corrected chi connectivity index (χ2v) is 9.63. The van der Waals surface area contributed by atoms with Crippen LogP contribution in [0.15, 0.2) is 55.0 Å². The zero-order valence-corrected chi connectivity index (χ0v) is 20.5. The monoisotopic (exact) mass is 519 g/mol. The Balaban J connectivity index is 1.25. The molecule has 2 aliphatic rings. The van der Waals surface area contributed by atoms with Gasteiger partial charge in [-0.1, -0.05) is 24.3 Å². The van der Waals surface area contributed by atoms with E-state index in [9.17, 15) is 18.0 Å². The first kappa shape index (κ1) is 24.1. The highest BCUT2D eigenvalue weighted by atomic mass is 19.4. The number of nitrogens with zero attached hydrogens (tertiary/aromatic N) is 6. The Morgan fingerprint density at radius 1 is 1.08 bits per heavy atom. The molecule has 1 amide bonds. The molecule has 4 aromatic rings. The summed E-state index contributed by atoms with van der Waals surface area (Å²) in [6.07, 6.45) is 3.49. The van der Waals surface area contributed by atoms with Crippen molar-refractivity contribution < 1.29 is 18.0 Å². The van der Waals surface area contributed by atoms with Gasteiger partial charge in [0.2, 0.25) is 5.91 Å². The van der Waals surface area contributed by atoms with E-state index in [0.29, 0.717) is 23.2 Å². The molecule has 194 valence electrons.